The fourth-order valence-electron chi connectivity index (χ4n) is 1.60. The van der Waals surface area contributed by atoms with Gasteiger partial charge >= 0.3 is 0 Å². The Morgan fingerprint density at radius 3 is 2.67 bits per heavy atom. The topological polar surface area (TPSA) is 12.0 Å². The van der Waals surface area contributed by atoms with Crippen LogP contribution in [0.3, 0.4) is 0 Å². The summed E-state index contributed by atoms with van der Waals surface area (Å²) in [5.74, 6) is 0. The molecule has 1 atom stereocenters. The molecule has 0 aliphatic heterocycles. The highest BCUT2D eigenvalue weighted by molar-refractivity contribution is 9.10. The van der Waals surface area contributed by atoms with E-state index in [1.807, 2.05) is 18.2 Å². The van der Waals surface area contributed by atoms with Crippen LogP contribution in [0.25, 0.3) is 0 Å². The van der Waals surface area contributed by atoms with Crippen LogP contribution in [0, 0.1) is 0 Å². The molecule has 0 radical (unpaired) electrons. The number of rotatable bonds is 4. The molecule has 1 unspecified atom stereocenters. The molecule has 1 heterocycles. The second-order valence-electron chi connectivity index (χ2n) is 4.01. The maximum Gasteiger partial charge on any atom is 0.0595 e. The lowest BCUT2D eigenvalue weighted by Gasteiger charge is -2.14. The Morgan fingerprint density at radius 2 is 2.06 bits per heavy atom. The van der Waals surface area contributed by atoms with E-state index in [2.05, 4.69) is 39.6 Å². The van der Waals surface area contributed by atoms with Crippen LogP contribution in [0.5, 0.6) is 0 Å². The van der Waals surface area contributed by atoms with Crippen molar-refractivity contribution in [1.82, 2.24) is 5.32 Å². The van der Waals surface area contributed by atoms with E-state index in [-0.39, 0.29) is 6.04 Å². The van der Waals surface area contributed by atoms with Gasteiger partial charge in [0.25, 0.3) is 0 Å². The molecule has 2 aromatic rings. The fraction of sp³-hybridized carbons (Fsp3) is 0.231. The van der Waals surface area contributed by atoms with Crippen molar-refractivity contribution in [1.29, 1.82) is 0 Å². The van der Waals surface area contributed by atoms with E-state index in [4.69, 9.17) is 23.2 Å². The zero-order valence-corrected chi connectivity index (χ0v) is 13.6. The largest absolute Gasteiger partial charge is 0.305 e. The van der Waals surface area contributed by atoms with E-state index in [9.17, 15) is 0 Å². The number of nitrogens with one attached hydrogen (secondary N) is 1. The number of benzene rings is 1. The molecule has 0 aliphatic rings. The van der Waals surface area contributed by atoms with Gasteiger partial charge in [0.15, 0.2) is 0 Å². The first-order chi connectivity index (χ1) is 8.56. The van der Waals surface area contributed by atoms with Crippen molar-refractivity contribution in [3.05, 3.63) is 54.6 Å². The van der Waals surface area contributed by atoms with Gasteiger partial charge in [-0.05, 0) is 46.6 Å². The second-order valence-corrected chi connectivity index (χ2v) is 6.73. The zero-order valence-electron chi connectivity index (χ0n) is 9.71. The number of halogens is 3. The van der Waals surface area contributed by atoms with Crippen molar-refractivity contribution in [2.45, 2.75) is 19.5 Å². The molecule has 2 rings (SSSR count). The summed E-state index contributed by atoms with van der Waals surface area (Å²) in [6.45, 7) is 2.96. The van der Waals surface area contributed by atoms with Crippen molar-refractivity contribution in [3.63, 3.8) is 0 Å². The van der Waals surface area contributed by atoms with Crippen molar-refractivity contribution >= 4 is 50.5 Å². The fourth-order valence-corrected chi connectivity index (χ4v) is 3.31. The van der Waals surface area contributed by atoms with Crippen LogP contribution < -0.4 is 5.32 Å². The minimum absolute atomic E-state index is 0.237. The maximum atomic E-state index is 6.01. The summed E-state index contributed by atoms with van der Waals surface area (Å²) < 4.78 is 1.13. The zero-order chi connectivity index (χ0) is 13.1. The summed E-state index contributed by atoms with van der Waals surface area (Å²) in [4.78, 5) is 1.30. The summed E-state index contributed by atoms with van der Waals surface area (Å²) in [7, 11) is 0. The van der Waals surface area contributed by atoms with Gasteiger partial charge in [0.2, 0.25) is 0 Å². The van der Waals surface area contributed by atoms with Crippen LogP contribution in [-0.2, 0) is 6.54 Å². The third-order valence-corrected chi connectivity index (χ3v) is 5.08. The summed E-state index contributed by atoms with van der Waals surface area (Å²) in [5, 5.41) is 6.74. The Labute approximate surface area is 129 Å². The Balaban J connectivity index is 1.99. The Hall–Kier alpha value is -0.0600. The predicted molar refractivity (Wildman–Crippen MR) is 83.7 cm³/mol. The van der Waals surface area contributed by atoms with Gasteiger partial charge in [0.05, 0.1) is 10.0 Å². The smallest absolute Gasteiger partial charge is 0.0595 e. The van der Waals surface area contributed by atoms with Crippen LogP contribution in [0.4, 0.5) is 0 Å². The van der Waals surface area contributed by atoms with E-state index < -0.39 is 0 Å². The molecule has 1 N–H and O–H groups in total. The molecule has 1 nitrogen and oxygen atoms in total. The van der Waals surface area contributed by atoms with E-state index in [1.54, 1.807) is 11.3 Å². The van der Waals surface area contributed by atoms with Crippen LogP contribution in [0.2, 0.25) is 10.0 Å². The van der Waals surface area contributed by atoms with Crippen molar-refractivity contribution in [3.8, 4) is 0 Å². The number of hydrogen-bond acceptors (Lipinski definition) is 2. The maximum absolute atomic E-state index is 6.01. The molecule has 96 valence electrons. The van der Waals surface area contributed by atoms with Gasteiger partial charge in [-0.3, -0.25) is 0 Å². The van der Waals surface area contributed by atoms with Crippen molar-refractivity contribution < 1.29 is 0 Å². The molecule has 0 amide bonds. The molecular weight excluding hydrogens is 353 g/mol. The van der Waals surface area contributed by atoms with Crippen molar-refractivity contribution in [2.75, 3.05) is 0 Å². The quantitative estimate of drug-likeness (QED) is 0.737. The molecule has 0 saturated heterocycles. The van der Waals surface area contributed by atoms with Gasteiger partial charge in [-0.25, -0.2) is 0 Å². The lowest BCUT2D eigenvalue weighted by molar-refractivity contribution is 0.579. The number of thiophene rings is 1. The van der Waals surface area contributed by atoms with Crippen LogP contribution in [0.15, 0.2) is 34.1 Å². The standard InChI is InChI=1S/C13H12BrCl2NS/c1-8(9-2-3-12(15)13(16)4-9)17-6-11-5-10(14)7-18-11/h2-5,7-8,17H,6H2,1H3. The lowest BCUT2D eigenvalue weighted by atomic mass is 10.1. The first-order valence-corrected chi connectivity index (χ1v) is 7.90. The molecule has 5 heteroatoms. The van der Waals surface area contributed by atoms with E-state index in [0.29, 0.717) is 10.0 Å². The molecule has 0 bridgehead atoms. The minimum atomic E-state index is 0.237. The molecule has 0 aliphatic carbocycles. The molecule has 0 fully saturated rings. The highest BCUT2D eigenvalue weighted by atomic mass is 79.9. The van der Waals surface area contributed by atoms with E-state index in [1.165, 1.54) is 4.88 Å². The Bertz CT molecular complexity index is 542. The second kappa shape index (κ2) is 6.40. The SMILES string of the molecule is CC(NCc1cc(Br)cs1)c1ccc(Cl)c(Cl)c1. The lowest BCUT2D eigenvalue weighted by Crippen LogP contribution is -2.17. The highest BCUT2D eigenvalue weighted by Crippen LogP contribution is 2.26. The van der Waals surface area contributed by atoms with Crippen LogP contribution in [0.1, 0.15) is 23.4 Å². The molecule has 18 heavy (non-hydrogen) atoms. The summed E-state index contributed by atoms with van der Waals surface area (Å²) in [5.41, 5.74) is 1.14. The van der Waals surface area contributed by atoms with Gasteiger partial charge in [0, 0.05) is 27.3 Å². The average Bonchev–Trinajstić information content (AvgIpc) is 2.75. The summed E-state index contributed by atoms with van der Waals surface area (Å²) in [6, 6.07) is 8.10. The Kier molecular flexibility index (Phi) is 5.10. The van der Waals surface area contributed by atoms with Gasteiger partial charge in [-0.2, -0.15) is 0 Å². The van der Waals surface area contributed by atoms with Crippen LogP contribution >= 0.6 is 50.5 Å². The Morgan fingerprint density at radius 1 is 1.28 bits per heavy atom. The average molecular weight is 365 g/mol. The van der Waals surface area contributed by atoms with Crippen LogP contribution in [-0.4, -0.2) is 0 Å². The third-order valence-electron chi connectivity index (χ3n) is 2.65. The van der Waals surface area contributed by atoms with Gasteiger partial charge in [0.1, 0.15) is 0 Å². The van der Waals surface area contributed by atoms with Gasteiger partial charge in [-0.15, -0.1) is 11.3 Å². The third kappa shape index (κ3) is 3.72. The van der Waals surface area contributed by atoms with E-state index in [0.717, 1.165) is 16.6 Å². The highest BCUT2D eigenvalue weighted by Gasteiger charge is 2.08. The molecule has 1 aromatic heterocycles. The van der Waals surface area contributed by atoms with Crippen molar-refractivity contribution in [2.24, 2.45) is 0 Å². The first kappa shape index (κ1) is 14.4. The summed E-state index contributed by atoms with van der Waals surface area (Å²) in [6.07, 6.45) is 0. The monoisotopic (exact) mass is 363 g/mol. The normalized spacial score (nSPS) is 12.7. The predicted octanol–water partition coefficient (Wildman–Crippen LogP) is 5.67. The minimum Gasteiger partial charge on any atom is -0.305 e. The van der Waals surface area contributed by atoms with E-state index >= 15 is 0 Å². The first-order valence-electron chi connectivity index (χ1n) is 5.47. The molecule has 1 aromatic carbocycles. The molecular formula is C13H12BrCl2NS. The molecule has 0 saturated carbocycles. The van der Waals surface area contributed by atoms with Gasteiger partial charge in [-0.1, -0.05) is 29.3 Å². The summed E-state index contributed by atoms with van der Waals surface area (Å²) >= 11 is 17.1. The van der Waals surface area contributed by atoms with Gasteiger partial charge < -0.3 is 5.32 Å². The molecule has 0 spiro atoms. The number of hydrogen-bond donors (Lipinski definition) is 1.